The number of carbonyl (C=O) groups is 4. The van der Waals surface area contributed by atoms with Gasteiger partial charge in [-0.05, 0) is 32.9 Å². The first-order valence-electron chi connectivity index (χ1n) is 13.6. The Morgan fingerprint density at radius 1 is 1.30 bits per heavy atom. The van der Waals surface area contributed by atoms with Crippen LogP contribution in [0.3, 0.4) is 0 Å². The summed E-state index contributed by atoms with van der Waals surface area (Å²) in [6.45, 7) is 3.41. The van der Waals surface area contributed by atoms with Gasteiger partial charge in [0, 0.05) is 35.2 Å². The van der Waals surface area contributed by atoms with Crippen LogP contribution in [0.25, 0.3) is 0 Å². The highest BCUT2D eigenvalue weighted by Crippen LogP contribution is 2.40. The number of halogens is 1. The summed E-state index contributed by atoms with van der Waals surface area (Å²) >= 11 is 8.33. The van der Waals surface area contributed by atoms with Crippen LogP contribution in [0.15, 0.2) is 41.0 Å². The lowest BCUT2D eigenvalue weighted by Crippen LogP contribution is -2.71. The number of nitrogens with zero attached hydrogens (tertiary/aromatic N) is 4. The zero-order valence-corrected chi connectivity index (χ0v) is 25.7. The standard InChI is InChI=1S/C26H29ClN8O7S2/c1-12(24(38)39)42-33-17(16-20(27)44-26(28)32-16)21(36)31-18-22(37)35-19(25(40)41)13(11-43-23(18)35)10-34-8-4-15(5-9-34)30-14-2-6-29-7-3-14/h4-5,8-9,12,14,18,23,29H,2-3,6-7,10-11H2,1H3,(H5,28,31,32,36,38,39,40,41)/p+1/b33-17-/t12-,18+,23+/m0/s1. The third-order valence-electron chi connectivity index (χ3n) is 7.20. The Morgan fingerprint density at radius 3 is 2.61 bits per heavy atom. The van der Waals surface area contributed by atoms with Crippen LogP contribution in [0.2, 0.25) is 4.34 Å². The number of aromatic nitrogens is 2. The van der Waals surface area contributed by atoms with E-state index in [-0.39, 0.29) is 27.4 Å². The number of pyridine rings is 1. The maximum atomic E-state index is 13.3. The number of hydrogen-bond donors (Lipinski definition) is 6. The molecule has 2 aromatic heterocycles. The van der Waals surface area contributed by atoms with Gasteiger partial charge in [0.15, 0.2) is 29.8 Å². The number of oxime groups is 1. The molecule has 0 unspecified atom stereocenters. The number of carboxylic acids is 2. The van der Waals surface area contributed by atoms with Crippen molar-refractivity contribution in [3.8, 4) is 0 Å². The lowest BCUT2D eigenvalue weighted by molar-refractivity contribution is -0.688. The molecule has 0 radical (unpaired) electrons. The Bertz CT molecular complexity index is 1530. The third-order valence-corrected chi connectivity index (χ3v) is 9.63. The van der Waals surface area contributed by atoms with Crippen LogP contribution in [0, 0.1) is 0 Å². The first-order valence-corrected chi connectivity index (χ1v) is 15.8. The number of thioether (sulfide) groups is 1. The minimum atomic E-state index is -1.40. The Labute approximate surface area is 264 Å². The number of nitrogens with one attached hydrogen (secondary N) is 3. The van der Waals surface area contributed by atoms with Gasteiger partial charge in [-0.3, -0.25) is 14.5 Å². The van der Waals surface area contributed by atoms with Gasteiger partial charge < -0.3 is 36.7 Å². The molecule has 2 saturated heterocycles. The molecule has 0 bridgehead atoms. The summed E-state index contributed by atoms with van der Waals surface area (Å²) in [6, 6.07) is 3.17. The van der Waals surface area contributed by atoms with E-state index in [9.17, 15) is 24.3 Å². The molecule has 3 aliphatic heterocycles. The fourth-order valence-corrected chi connectivity index (χ4v) is 7.19. The number of β-lactam (4-membered cyclic amide) rings is 1. The van der Waals surface area contributed by atoms with Crippen LogP contribution < -0.4 is 26.3 Å². The van der Waals surface area contributed by atoms with Crippen molar-refractivity contribution in [3.05, 3.63) is 45.8 Å². The Hall–Kier alpha value is -3.93. The smallest absolute Gasteiger partial charge is 0.352 e. The molecule has 5 heterocycles. The van der Waals surface area contributed by atoms with Crippen molar-refractivity contribution < 1.29 is 38.8 Å². The van der Waals surface area contributed by atoms with E-state index in [4.69, 9.17) is 27.3 Å². The highest BCUT2D eigenvalue weighted by Gasteiger charge is 2.55. The number of anilines is 2. The average molecular weight is 666 g/mol. The largest absolute Gasteiger partial charge is 0.478 e. The fraction of sp³-hybridized carbons (Fsp3) is 0.423. The van der Waals surface area contributed by atoms with E-state index in [0.717, 1.165) is 47.9 Å². The van der Waals surface area contributed by atoms with E-state index in [2.05, 4.69) is 26.1 Å². The fourth-order valence-electron chi connectivity index (χ4n) is 4.93. The zero-order valence-electron chi connectivity index (χ0n) is 23.4. The van der Waals surface area contributed by atoms with Crippen molar-refractivity contribution in [1.82, 2.24) is 20.5 Å². The van der Waals surface area contributed by atoms with Gasteiger partial charge in [0.1, 0.15) is 27.1 Å². The highest BCUT2D eigenvalue weighted by molar-refractivity contribution is 8.00. The predicted molar refractivity (Wildman–Crippen MR) is 162 cm³/mol. The second kappa shape index (κ2) is 13.4. The second-order valence-corrected chi connectivity index (χ2v) is 13.0. The van der Waals surface area contributed by atoms with Crippen molar-refractivity contribution in [2.75, 3.05) is 29.9 Å². The first-order chi connectivity index (χ1) is 21.0. The summed E-state index contributed by atoms with van der Waals surface area (Å²) in [7, 11) is 0. The molecule has 0 aliphatic carbocycles. The van der Waals surface area contributed by atoms with Crippen LogP contribution in [-0.2, 0) is 30.6 Å². The van der Waals surface area contributed by atoms with Crippen molar-refractivity contribution in [1.29, 1.82) is 0 Å². The molecular weight excluding hydrogens is 636 g/mol. The molecule has 0 saturated carbocycles. The molecule has 3 aliphatic rings. The number of nitrogens with two attached hydrogens (primary N) is 1. The van der Waals surface area contributed by atoms with Crippen LogP contribution >= 0.6 is 34.7 Å². The molecule has 0 spiro atoms. The molecule has 7 N–H and O–H groups in total. The quantitative estimate of drug-likeness (QED) is 0.0836. The van der Waals surface area contributed by atoms with Crippen molar-refractivity contribution in [2.24, 2.45) is 5.16 Å². The van der Waals surface area contributed by atoms with Gasteiger partial charge in [0.05, 0.1) is 0 Å². The third kappa shape index (κ3) is 6.74. The van der Waals surface area contributed by atoms with Gasteiger partial charge >= 0.3 is 11.9 Å². The van der Waals surface area contributed by atoms with Crippen molar-refractivity contribution in [3.63, 3.8) is 0 Å². The van der Waals surface area contributed by atoms with Crippen LogP contribution in [0.1, 0.15) is 25.5 Å². The van der Waals surface area contributed by atoms with E-state index in [1.54, 1.807) is 0 Å². The van der Waals surface area contributed by atoms with E-state index in [0.29, 0.717) is 17.4 Å². The number of carboxylic acid groups (broad SMARTS) is 2. The summed E-state index contributed by atoms with van der Waals surface area (Å²) in [6.07, 6.45) is 4.39. The van der Waals surface area contributed by atoms with Gasteiger partial charge in [-0.15, -0.1) is 11.8 Å². The van der Waals surface area contributed by atoms with Gasteiger partial charge in [0.2, 0.25) is 6.10 Å². The number of amides is 2. The Balaban J connectivity index is 1.29. The average Bonchev–Trinajstić information content (AvgIpc) is 3.33. The summed E-state index contributed by atoms with van der Waals surface area (Å²) in [5.74, 6) is -3.82. The van der Waals surface area contributed by atoms with E-state index >= 15 is 0 Å². The number of piperidine rings is 1. The molecule has 234 valence electrons. The van der Waals surface area contributed by atoms with E-state index < -0.39 is 47.0 Å². The lowest BCUT2D eigenvalue weighted by Gasteiger charge is -2.49. The number of carbonyl (C=O) groups excluding carboxylic acids is 2. The van der Waals surface area contributed by atoms with Crippen LogP contribution in [-0.4, -0.2) is 92.0 Å². The minimum Gasteiger partial charge on any atom is -0.478 e. The molecule has 0 aromatic carbocycles. The minimum absolute atomic E-state index is 0.00456. The molecular formula is C26H30ClN8O7S2+. The van der Waals surface area contributed by atoms with E-state index in [1.165, 1.54) is 18.7 Å². The number of aliphatic carboxylic acids is 2. The summed E-state index contributed by atoms with van der Waals surface area (Å²) in [5.41, 5.74) is 6.46. The first kappa shape index (κ1) is 31.5. The SMILES string of the molecule is C[C@H](O/N=C(\C(=O)N[C@@H]1C(=O)N2C(C(=O)O)=C(C[n+]3ccc(NC4CCNCC4)cc3)CS[C@H]12)c1nc(N)sc1Cl)C(=O)O. The molecule has 5 rings (SSSR count). The van der Waals surface area contributed by atoms with Gasteiger partial charge in [0.25, 0.3) is 11.8 Å². The highest BCUT2D eigenvalue weighted by atomic mass is 35.5. The predicted octanol–water partition coefficient (Wildman–Crippen LogP) is 0.463. The number of rotatable bonds is 11. The molecule has 2 aromatic rings. The van der Waals surface area contributed by atoms with E-state index in [1.807, 2.05) is 29.1 Å². The lowest BCUT2D eigenvalue weighted by atomic mass is 10.0. The molecule has 2 fully saturated rings. The van der Waals surface area contributed by atoms with Crippen LogP contribution in [0.5, 0.6) is 0 Å². The summed E-state index contributed by atoms with van der Waals surface area (Å²) in [4.78, 5) is 60.1. The number of hydrogen-bond acceptors (Lipinski definition) is 12. The second-order valence-electron chi connectivity index (χ2n) is 10.2. The van der Waals surface area contributed by atoms with Crippen molar-refractivity contribution in [2.45, 2.75) is 49.9 Å². The number of nitrogen functional groups attached to an aromatic ring is 1. The van der Waals surface area contributed by atoms with Gasteiger partial charge in [-0.1, -0.05) is 28.1 Å². The maximum absolute atomic E-state index is 13.3. The zero-order chi connectivity index (χ0) is 31.5. The number of fused-ring (bicyclic) bond motifs is 1. The molecule has 15 nitrogen and oxygen atoms in total. The topological polar surface area (TPSA) is 212 Å². The van der Waals surface area contributed by atoms with Gasteiger partial charge in [-0.2, -0.15) is 0 Å². The summed E-state index contributed by atoms with van der Waals surface area (Å²) in [5, 5.41) is 31.6. The monoisotopic (exact) mass is 665 g/mol. The Kier molecular flexibility index (Phi) is 9.57. The molecule has 3 atom stereocenters. The molecule has 18 heteroatoms. The number of thiazole rings is 1. The molecule has 2 amide bonds. The van der Waals surface area contributed by atoms with Crippen LogP contribution in [0.4, 0.5) is 10.8 Å². The normalized spacial score (nSPS) is 21.3. The van der Waals surface area contributed by atoms with Gasteiger partial charge in [-0.25, -0.2) is 19.1 Å². The maximum Gasteiger partial charge on any atom is 0.352 e. The molecule has 44 heavy (non-hydrogen) atoms. The Morgan fingerprint density at radius 2 is 2.00 bits per heavy atom. The van der Waals surface area contributed by atoms with Crippen molar-refractivity contribution >= 4 is 75.0 Å². The summed E-state index contributed by atoms with van der Waals surface area (Å²) < 4.78 is 1.85.